The lowest BCUT2D eigenvalue weighted by atomic mass is 10.2. The smallest absolute Gasteiger partial charge is 0.154 e. The maximum absolute atomic E-state index is 5.42. The van der Waals surface area contributed by atoms with E-state index in [0.29, 0.717) is 6.54 Å². The van der Waals surface area contributed by atoms with Crippen LogP contribution in [0.3, 0.4) is 0 Å². The number of aromatic nitrogens is 3. The van der Waals surface area contributed by atoms with Crippen molar-refractivity contribution < 1.29 is 0 Å². The summed E-state index contributed by atoms with van der Waals surface area (Å²) in [5.74, 6) is 0. The molecule has 4 heteroatoms. The highest BCUT2D eigenvalue weighted by molar-refractivity contribution is 5.35. The Morgan fingerprint density at radius 3 is 3.25 bits per heavy atom. The lowest BCUT2D eigenvalue weighted by molar-refractivity contribution is 0.885. The topological polar surface area (TPSA) is 56.2 Å². The maximum Gasteiger partial charge on any atom is 0.154 e. The number of hydrogen-bond donors (Lipinski definition) is 1. The van der Waals surface area contributed by atoms with Crippen molar-refractivity contribution in [2.45, 2.75) is 6.42 Å². The molecular weight excluding hydrogens is 152 g/mol. The molecule has 2 N–H and O–H groups in total. The third kappa shape index (κ3) is 1.16. The van der Waals surface area contributed by atoms with Gasteiger partial charge in [0.25, 0.3) is 0 Å². The third-order valence-corrected chi connectivity index (χ3v) is 1.73. The minimum Gasteiger partial charge on any atom is -0.330 e. The summed E-state index contributed by atoms with van der Waals surface area (Å²) in [6.07, 6.45) is 6.37. The van der Waals surface area contributed by atoms with Gasteiger partial charge in [0.2, 0.25) is 0 Å². The van der Waals surface area contributed by atoms with Crippen molar-refractivity contribution in [2.24, 2.45) is 5.73 Å². The van der Waals surface area contributed by atoms with Crippen LogP contribution in [0.25, 0.3) is 5.65 Å². The molecule has 2 rings (SSSR count). The van der Waals surface area contributed by atoms with E-state index in [1.165, 1.54) is 0 Å². The van der Waals surface area contributed by atoms with Crippen LogP contribution in [0.1, 0.15) is 5.56 Å². The molecule has 0 aliphatic rings. The molecule has 0 aliphatic carbocycles. The SMILES string of the molecule is NCCc1cnc2ccnn2c1. The summed E-state index contributed by atoms with van der Waals surface area (Å²) in [7, 11) is 0. The Morgan fingerprint density at radius 1 is 1.50 bits per heavy atom. The molecule has 0 unspecified atom stereocenters. The molecule has 0 saturated carbocycles. The maximum atomic E-state index is 5.42. The summed E-state index contributed by atoms with van der Waals surface area (Å²) in [6.45, 7) is 0.647. The summed E-state index contributed by atoms with van der Waals surface area (Å²) in [6, 6.07) is 1.87. The summed E-state index contributed by atoms with van der Waals surface area (Å²) in [4.78, 5) is 4.20. The Labute approximate surface area is 70.0 Å². The van der Waals surface area contributed by atoms with Gasteiger partial charge in [-0.25, -0.2) is 9.50 Å². The lowest BCUT2D eigenvalue weighted by Crippen LogP contribution is -2.04. The molecule has 12 heavy (non-hydrogen) atoms. The van der Waals surface area contributed by atoms with Gasteiger partial charge in [-0.2, -0.15) is 5.10 Å². The highest BCUT2D eigenvalue weighted by atomic mass is 15.2. The third-order valence-electron chi connectivity index (χ3n) is 1.73. The second kappa shape index (κ2) is 2.91. The van der Waals surface area contributed by atoms with Crippen molar-refractivity contribution in [3.05, 3.63) is 30.2 Å². The quantitative estimate of drug-likeness (QED) is 0.687. The standard InChI is InChI=1S/C8H10N4/c9-3-1-7-5-10-8-2-4-11-12(8)6-7/h2,4-6H,1,3,9H2. The van der Waals surface area contributed by atoms with E-state index in [9.17, 15) is 0 Å². The molecule has 0 amide bonds. The Hall–Kier alpha value is -1.42. The van der Waals surface area contributed by atoms with Gasteiger partial charge in [-0.15, -0.1) is 0 Å². The summed E-state index contributed by atoms with van der Waals surface area (Å²) < 4.78 is 1.75. The van der Waals surface area contributed by atoms with Gasteiger partial charge in [0.05, 0.1) is 6.20 Å². The Morgan fingerprint density at radius 2 is 2.42 bits per heavy atom. The van der Waals surface area contributed by atoms with Gasteiger partial charge in [0.15, 0.2) is 5.65 Å². The molecular formula is C8H10N4. The highest BCUT2D eigenvalue weighted by Gasteiger charge is 1.95. The largest absolute Gasteiger partial charge is 0.330 e. The fraction of sp³-hybridized carbons (Fsp3) is 0.250. The van der Waals surface area contributed by atoms with Gasteiger partial charge in [-0.05, 0) is 18.5 Å². The van der Waals surface area contributed by atoms with Crippen LogP contribution >= 0.6 is 0 Å². The molecule has 4 nitrogen and oxygen atoms in total. The van der Waals surface area contributed by atoms with Gasteiger partial charge in [-0.3, -0.25) is 0 Å². The normalized spacial score (nSPS) is 10.8. The van der Waals surface area contributed by atoms with E-state index in [1.807, 2.05) is 18.5 Å². The van der Waals surface area contributed by atoms with E-state index in [4.69, 9.17) is 5.73 Å². The number of nitrogens with zero attached hydrogens (tertiary/aromatic N) is 3. The molecule has 2 heterocycles. The zero-order chi connectivity index (χ0) is 8.39. The van der Waals surface area contributed by atoms with Gasteiger partial charge in [-0.1, -0.05) is 0 Å². The zero-order valence-corrected chi connectivity index (χ0v) is 6.64. The molecule has 0 aliphatic heterocycles. The number of fused-ring (bicyclic) bond motifs is 1. The monoisotopic (exact) mass is 162 g/mol. The predicted octanol–water partition coefficient (Wildman–Crippen LogP) is 0.230. The first-order valence-corrected chi connectivity index (χ1v) is 3.88. The molecule has 0 radical (unpaired) electrons. The van der Waals surface area contributed by atoms with Crippen LogP contribution in [-0.4, -0.2) is 21.1 Å². The molecule has 62 valence electrons. The van der Waals surface area contributed by atoms with E-state index in [2.05, 4.69) is 10.1 Å². The lowest BCUT2D eigenvalue weighted by Gasteiger charge is -1.97. The average molecular weight is 162 g/mol. The Balaban J connectivity index is 2.46. The van der Waals surface area contributed by atoms with Gasteiger partial charge in [0, 0.05) is 18.5 Å². The molecule has 0 spiro atoms. The van der Waals surface area contributed by atoms with E-state index >= 15 is 0 Å². The summed E-state index contributed by atoms with van der Waals surface area (Å²) in [5, 5.41) is 4.07. The van der Waals surface area contributed by atoms with Crippen LogP contribution in [0.2, 0.25) is 0 Å². The van der Waals surface area contributed by atoms with Gasteiger partial charge < -0.3 is 5.73 Å². The van der Waals surface area contributed by atoms with Gasteiger partial charge in [0.1, 0.15) is 0 Å². The first kappa shape index (κ1) is 7.24. The van der Waals surface area contributed by atoms with Crippen LogP contribution < -0.4 is 5.73 Å². The Kier molecular flexibility index (Phi) is 1.75. The molecule has 0 aromatic carbocycles. The molecule has 0 fully saturated rings. The van der Waals surface area contributed by atoms with Crippen molar-refractivity contribution in [1.29, 1.82) is 0 Å². The average Bonchev–Trinajstić information content (AvgIpc) is 2.51. The summed E-state index contributed by atoms with van der Waals surface area (Å²) >= 11 is 0. The van der Waals surface area contributed by atoms with Gasteiger partial charge >= 0.3 is 0 Å². The second-order valence-electron chi connectivity index (χ2n) is 2.63. The fourth-order valence-electron chi connectivity index (χ4n) is 1.14. The molecule has 0 bridgehead atoms. The summed E-state index contributed by atoms with van der Waals surface area (Å²) in [5.41, 5.74) is 7.41. The molecule has 0 atom stereocenters. The minimum atomic E-state index is 0.647. The van der Waals surface area contributed by atoms with E-state index < -0.39 is 0 Å². The van der Waals surface area contributed by atoms with Crippen LogP contribution in [0.5, 0.6) is 0 Å². The van der Waals surface area contributed by atoms with Crippen molar-refractivity contribution in [3.8, 4) is 0 Å². The van der Waals surface area contributed by atoms with Crippen LogP contribution in [0.15, 0.2) is 24.7 Å². The second-order valence-corrected chi connectivity index (χ2v) is 2.63. The van der Waals surface area contributed by atoms with Crippen molar-refractivity contribution in [1.82, 2.24) is 14.6 Å². The molecule has 2 aromatic heterocycles. The van der Waals surface area contributed by atoms with Crippen molar-refractivity contribution in [3.63, 3.8) is 0 Å². The van der Waals surface area contributed by atoms with Crippen LogP contribution in [-0.2, 0) is 6.42 Å². The Bertz CT molecular complexity index is 379. The predicted molar refractivity (Wildman–Crippen MR) is 45.7 cm³/mol. The number of hydrogen-bond acceptors (Lipinski definition) is 3. The minimum absolute atomic E-state index is 0.647. The van der Waals surface area contributed by atoms with E-state index in [1.54, 1.807) is 10.7 Å². The zero-order valence-electron chi connectivity index (χ0n) is 6.64. The van der Waals surface area contributed by atoms with Crippen molar-refractivity contribution >= 4 is 5.65 Å². The number of rotatable bonds is 2. The first-order chi connectivity index (χ1) is 5.90. The highest BCUT2D eigenvalue weighted by Crippen LogP contribution is 2.01. The van der Waals surface area contributed by atoms with E-state index in [-0.39, 0.29) is 0 Å². The first-order valence-electron chi connectivity index (χ1n) is 3.88. The van der Waals surface area contributed by atoms with Crippen LogP contribution in [0, 0.1) is 0 Å². The molecule has 0 saturated heterocycles. The number of nitrogens with two attached hydrogens (primary N) is 1. The van der Waals surface area contributed by atoms with Crippen molar-refractivity contribution in [2.75, 3.05) is 6.54 Å². The van der Waals surface area contributed by atoms with Crippen LogP contribution in [0.4, 0.5) is 0 Å². The van der Waals surface area contributed by atoms with E-state index in [0.717, 1.165) is 17.6 Å². The molecule has 2 aromatic rings. The fourth-order valence-corrected chi connectivity index (χ4v) is 1.14.